The van der Waals surface area contributed by atoms with Crippen LogP contribution in [-0.2, 0) is 4.79 Å². The van der Waals surface area contributed by atoms with Gasteiger partial charge in [-0.1, -0.05) is 30.3 Å². The summed E-state index contributed by atoms with van der Waals surface area (Å²) in [5.74, 6) is 0.704. The molecule has 24 heavy (non-hydrogen) atoms. The number of carbonyl (C=O) groups is 1. The molecule has 0 heterocycles. The Hall–Kier alpha value is -3.01. The second-order valence-electron chi connectivity index (χ2n) is 5.65. The van der Waals surface area contributed by atoms with Gasteiger partial charge in [0.1, 0.15) is 11.8 Å². The molecule has 0 saturated carbocycles. The Balaban J connectivity index is 1.66. The highest BCUT2D eigenvalue weighted by atomic mass is 16.5. The van der Waals surface area contributed by atoms with Crippen LogP contribution in [0, 0.1) is 0 Å². The van der Waals surface area contributed by atoms with Crippen molar-refractivity contribution in [3.05, 3.63) is 66.7 Å². The number of ether oxygens (including phenoxy) is 1. The summed E-state index contributed by atoms with van der Waals surface area (Å²) in [5.41, 5.74) is 1.67. The van der Waals surface area contributed by atoms with Crippen molar-refractivity contribution in [3.8, 4) is 5.75 Å². The van der Waals surface area contributed by atoms with Crippen molar-refractivity contribution < 1.29 is 9.53 Å². The number of nitrogens with one attached hydrogen (secondary N) is 2. The van der Waals surface area contributed by atoms with Crippen molar-refractivity contribution in [1.29, 1.82) is 0 Å². The minimum absolute atomic E-state index is 0.0823. The highest BCUT2D eigenvalue weighted by Crippen LogP contribution is 2.20. The molecule has 0 unspecified atom stereocenters. The molecule has 0 aliphatic carbocycles. The normalized spacial score (nSPS) is 11.8. The summed E-state index contributed by atoms with van der Waals surface area (Å²) in [7, 11) is 1.63. The van der Waals surface area contributed by atoms with Crippen LogP contribution in [0.5, 0.6) is 5.75 Å². The van der Waals surface area contributed by atoms with Crippen LogP contribution in [0.15, 0.2) is 66.7 Å². The quantitative estimate of drug-likeness (QED) is 0.737. The fourth-order valence-corrected chi connectivity index (χ4v) is 2.52. The van der Waals surface area contributed by atoms with Gasteiger partial charge in [-0.3, -0.25) is 4.79 Å². The molecule has 4 nitrogen and oxygen atoms in total. The molecule has 0 aliphatic rings. The van der Waals surface area contributed by atoms with Gasteiger partial charge >= 0.3 is 0 Å². The van der Waals surface area contributed by atoms with Gasteiger partial charge in [0.15, 0.2) is 0 Å². The molecular weight excluding hydrogens is 300 g/mol. The molecule has 1 amide bonds. The van der Waals surface area contributed by atoms with Gasteiger partial charge < -0.3 is 15.4 Å². The number of anilines is 2. The van der Waals surface area contributed by atoms with Crippen LogP contribution in [0.2, 0.25) is 0 Å². The third-order valence-corrected chi connectivity index (χ3v) is 3.88. The van der Waals surface area contributed by atoms with E-state index in [1.165, 1.54) is 0 Å². The first-order valence-electron chi connectivity index (χ1n) is 7.86. The number of hydrogen-bond donors (Lipinski definition) is 2. The van der Waals surface area contributed by atoms with E-state index in [1.807, 2.05) is 67.6 Å². The summed E-state index contributed by atoms with van der Waals surface area (Å²) in [4.78, 5) is 12.4. The van der Waals surface area contributed by atoms with E-state index in [0.29, 0.717) is 0 Å². The summed E-state index contributed by atoms with van der Waals surface area (Å²) in [6, 6.07) is 21.1. The lowest BCUT2D eigenvalue weighted by Crippen LogP contribution is -2.31. The maximum atomic E-state index is 12.4. The van der Waals surface area contributed by atoms with Gasteiger partial charge in [-0.05, 0) is 54.1 Å². The lowest BCUT2D eigenvalue weighted by molar-refractivity contribution is -0.116. The number of benzene rings is 3. The van der Waals surface area contributed by atoms with Crippen LogP contribution in [0.1, 0.15) is 6.92 Å². The molecule has 4 heteroatoms. The second kappa shape index (κ2) is 7.04. The molecule has 0 saturated heterocycles. The van der Waals surface area contributed by atoms with Crippen LogP contribution in [-0.4, -0.2) is 19.1 Å². The van der Waals surface area contributed by atoms with Crippen molar-refractivity contribution in [3.63, 3.8) is 0 Å². The molecule has 1 atom stereocenters. The van der Waals surface area contributed by atoms with E-state index in [-0.39, 0.29) is 11.9 Å². The lowest BCUT2D eigenvalue weighted by atomic mass is 10.1. The summed E-state index contributed by atoms with van der Waals surface area (Å²) in [6.07, 6.45) is 0. The molecule has 0 bridgehead atoms. The number of rotatable bonds is 5. The van der Waals surface area contributed by atoms with E-state index < -0.39 is 0 Å². The summed E-state index contributed by atoms with van der Waals surface area (Å²) in [5, 5.41) is 8.39. The zero-order valence-electron chi connectivity index (χ0n) is 13.7. The predicted molar refractivity (Wildman–Crippen MR) is 98.7 cm³/mol. The standard InChI is InChI=1S/C20H20N2O2/c1-14(21-17-9-11-19(24-2)12-10-17)20(23)22-18-8-7-15-5-3-4-6-16(15)13-18/h3-14,21H,1-2H3,(H,22,23)/t14-/m0/s1. The number of fused-ring (bicyclic) bond motifs is 1. The molecule has 2 N–H and O–H groups in total. The number of carbonyl (C=O) groups excluding carboxylic acids is 1. The van der Waals surface area contributed by atoms with Crippen molar-refractivity contribution in [1.82, 2.24) is 0 Å². The van der Waals surface area contributed by atoms with E-state index in [9.17, 15) is 4.79 Å². The van der Waals surface area contributed by atoms with E-state index in [2.05, 4.69) is 16.7 Å². The molecule has 0 aliphatic heterocycles. The van der Waals surface area contributed by atoms with E-state index >= 15 is 0 Å². The Kier molecular flexibility index (Phi) is 4.66. The number of hydrogen-bond acceptors (Lipinski definition) is 3. The van der Waals surface area contributed by atoms with Crippen molar-refractivity contribution in [2.24, 2.45) is 0 Å². The Morgan fingerprint density at radius 1 is 0.917 bits per heavy atom. The Morgan fingerprint density at radius 3 is 2.29 bits per heavy atom. The second-order valence-corrected chi connectivity index (χ2v) is 5.65. The number of amides is 1. The van der Waals surface area contributed by atoms with Crippen LogP contribution in [0.25, 0.3) is 10.8 Å². The minimum Gasteiger partial charge on any atom is -0.497 e. The first-order chi connectivity index (χ1) is 11.7. The van der Waals surface area contributed by atoms with Crippen molar-refractivity contribution >= 4 is 28.1 Å². The van der Waals surface area contributed by atoms with Crippen LogP contribution in [0.3, 0.4) is 0 Å². The van der Waals surface area contributed by atoms with Crippen LogP contribution >= 0.6 is 0 Å². The fraction of sp³-hybridized carbons (Fsp3) is 0.150. The predicted octanol–water partition coefficient (Wildman–Crippen LogP) is 4.29. The molecule has 0 spiro atoms. The number of methoxy groups -OCH3 is 1. The molecular formula is C20H20N2O2. The van der Waals surface area contributed by atoms with Gasteiger partial charge in [0.05, 0.1) is 7.11 Å². The monoisotopic (exact) mass is 320 g/mol. The molecule has 3 rings (SSSR count). The average molecular weight is 320 g/mol. The molecule has 122 valence electrons. The van der Waals surface area contributed by atoms with Crippen LogP contribution in [0.4, 0.5) is 11.4 Å². The molecule has 0 fully saturated rings. The Labute approximate surface area is 141 Å². The maximum absolute atomic E-state index is 12.4. The molecule has 0 aromatic heterocycles. The van der Waals surface area contributed by atoms with Gasteiger partial charge in [-0.2, -0.15) is 0 Å². The molecule has 3 aromatic carbocycles. The average Bonchev–Trinajstić information content (AvgIpc) is 2.62. The first kappa shape index (κ1) is 15.9. The Bertz CT molecular complexity index is 844. The lowest BCUT2D eigenvalue weighted by Gasteiger charge is -2.16. The Morgan fingerprint density at radius 2 is 1.58 bits per heavy atom. The van der Waals surface area contributed by atoms with E-state index in [1.54, 1.807) is 7.11 Å². The topological polar surface area (TPSA) is 50.4 Å². The van der Waals surface area contributed by atoms with Crippen molar-refractivity contribution in [2.45, 2.75) is 13.0 Å². The van der Waals surface area contributed by atoms with E-state index in [4.69, 9.17) is 4.74 Å². The van der Waals surface area contributed by atoms with Gasteiger partial charge in [0.25, 0.3) is 0 Å². The van der Waals surface area contributed by atoms with Gasteiger partial charge in [-0.25, -0.2) is 0 Å². The minimum atomic E-state index is -0.357. The summed E-state index contributed by atoms with van der Waals surface area (Å²) >= 11 is 0. The highest BCUT2D eigenvalue weighted by Gasteiger charge is 2.13. The van der Waals surface area contributed by atoms with Crippen LogP contribution < -0.4 is 15.4 Å². The third kappa shape index (κ3) is 3.66. The zero-order chi connectivity index (χ0) is 16.9. The summed E-state index contributed by atoms with van der Waals surface area (Å²) < 4.78 is 5.13. The van der Waals surface area contributed by atoms with Gasteiger partial charge in [0.2, 0.25) is 5.91 Å². The van der Waals surface area contributed by atoms with Gasteiger partial charge in [0, 0.05) is 11.4 Å². The van der Waals surface area contributed by atoms with E-state index in [0.717, 1.165) is 27.9 Å². The third-order valence-electron chi connectivity index (χ3n) is 3.88. The van der Waals surface area contributed by atoms with Crippen molar-refractivity contribution in [2.75, 3.05) is 17.7 Å². The summed E-state index contributed by atoms with van der Waals surface area (Å²) in [6.45, 7) is 1.83. The molecule has 3 aromatic rings. The largest absolute Gasteiger partial charge is 0.497 e. The maximum Gasteiger partial charge on any atom is 0.246 e. The first-order valence-corrected chi connectivity index (χ1v) is 7.86. The smallest absolute Gasteiger partial charge is 0.246 e. The fourth-order valence-electron chi connectivity index (χ4n) is 2.52. The SMILES string of the molecule is COc1ccc(N[C@@H](C)C(=O)Nc2ccc3ccccc3c2)cc1. The van der Waals surface area contributed by atoms with Gasteiger partial charge in [-0.15, -0.1) is 0 Å². The highest BCUT2D eigenvalue weighted by molar-refractivity contribution is 5.98. The zero-order valence-corrected chi connectivity index (χ0v) is 13.7. The molecule has 0 radical (unpaired) electrons.